The van der Waals surface area contributed by atoms with Crippen LogP contribution < -0.4 is 0 Å². The normalized spacial score (nSPS) is 10.7. The zero-order valence-corrected chi connectivity index (χ0v) is 7.51. The Balaban J connectivity index is 3.33. The number of rotatable bonds is 2. The van der Waals surface area contributed by atoms with E-state index in [1.165, 1.54) is 18.2 Å². The van der Waals surface area contributed by atoms with Gasteiger partial charge in [0.1, 0.15) is 6.07 Å². The molecule has 0 aromatic heterocycles. The van der Waals surface area contributed by atoms with Crippen molar-refractivity contribution in [2.45, 2.75) is 0 Å². The van der Waals surface area contributed by atoms with Gasteiger partial charge in [0, 0.05) is 11.6 Å². The highest BCUT2D eigenvalue weighted by atomic mass is 16.4. The molecule has 1 aromatic rings. The first kappa shape index (κ1) is 10.6. The second-order valence-electron chi connectivity index (χ2n) is 2.68. The first-order valence-electron chi connectivity index (χ1n) is 3.92. The van der Waals surface area contributed by atoms with E-state index >= 15 is 0 Å². The van der Waals surface area contributed by atoms with Gasteiger partial charge in [0.2, 0.25) is 0 Å². The van der Waals surface area contributed by atoms with E-state index in [4.69, 9.17) is 15.5 Å². The molecule has 3 N–H and O–H groups in total. The van der Waals surface area contributed by atoms with Crippen LogP contribution in [0.1, 0.15) is 5.56 Å². The van der Waals surface area contributed by atoms with Gasteiger partial charge in [-0.3, -0.25) is 0 Å². The third-order valence-corrected chi connectivity index (χ3v) is 1.69. The molecule has 0 atom stereocenters. The molecule has 0 unspecified atom stereocenters. The monoisotopic (exact) mass is 205 g/mol. The van der Waals surface area contributed by atoms with E-state index in [0.717, 1.165) is 0 Å². The predicted octanol–water partition coefficient (Wildman–Crippen LogP) is 1.09. The summed E-state index contributed by atoms with van der Waals surface area (Å²) >= 11 is 0. The highest BCUT2D eigenvalue weighted by Crippen LogP contribution is 2.32. The lowest BCUT2D eigenvalue weighted by Gasteiger charge is -2.03. The maximum atomic E-state index is 10.4. The van der Waals surface area contributed by atoms with Crippen LogP contribution in [0.5, 0.6) is 11.5 Å². The van der Waals surface area contributed by atoms with Crippen molar-refractivity contribution in [1.29, 1.82) is 5.26 Å². The Labute approximate surface area is 85.1 Å². The lowest BCUT2D eigenvalue weighted by molar-refractivity contribution is -0.131. The van der Waals surface area contributed by atoms with Crippen LogP contribution in [0, 0.1) is 11.3 Å². The molecule has 1 rings (SSSR count). The van der Waals surface area contributed by atoms with E-state index in [1.54, 1.807) is 6.07 Å². The fourth-order valence-electron chi connectivity index (χ4n) is 1.04. The average Bonchev–Trinajstić information content (AvgIpc) is 2.19. The van der Waals surface area contributed by atoms with Gasteiger partial charge in [0.05, 0.1) is 5.57 Å². The van der Waals surface area contributed by atoms with Crippen molar-refractivity contribution in [3.05, 3.63) is 29.8 Å². The Hall–Kier alpha value is -2.48. The summed E-state index contributed by atoms with van der Waals surface area (Å²) in [7, 11) is 0. The molecule has 0 fully saturated rings. The molecular formula is C10H7NO4. The van der Waals surface area contributed by atoms with E-state index in [0.29, 0.717) is 6.08 Å². The van der Waals surface area contributed by atoms with Gasteiger partial charge in [-0.2, -0.15) is 5.26 Å². The van der Waals surface area contributed by atoms with Crippen LogP contribution in [0.4, 0.5) is 0 Å². The molecule has 0 aliphatic rings. The van der Waals surface area contributed by atoms with Crippen molar-refractivity contribution in [2.24, 2.45) is 0 Å². The smallest absolute Gasteiger partial charge is 0.329 e. The third kappa shape index (κ3) is 2.25. The predicted molar refractivity (Wildman–Crippen MR) is 51.0 cm³/mol. The lowest BCUT2D eigenvalue weighted by Crippen LogP contribution is -1.91. The molecule has 0 aliphatic carbocycles. The molecule has 15 heavy (non-hydrogen) atoms. The number of benzene rings is 1. The first-order valence-corrected chi connectivity index (χ1v) is 3.92. The Bertz CT molecular complexity index is 471. The van der Waals surface area contributed by atoms with Crippen LogP contribution in [-0.4, -0.2) is 21.3 Å². The van der Waals surface area contributed by atoms with Gasteiger partial charge in [-0.25, -0.2) is 4.79 Å². The van der Waals surface area contributed by atoms with Gasteiger partial charge in [-0.05, 0) is 12.1 Å². The minimum Gasteiger partial charge on any atom is -0.504 e. The number of hydrogen-bond donors (Lipinski definition) is 3. The maximum absolute atomic E-state index is 10.4. The van der Waals surface area contributed by atoms with E-state index in [9.17, 15) is 9.90 Å². The zero-order valence-electron chi connectivity index (χ0n) is 7.51. The van der Waals surface area contributed by atoms with E-state index in [2.05, 4.69) is 0 Å². The number of para-hydroxylation sites is 1. The summed E-state index contributed by atoms with van der Waals surface area (Å²) in [5.41, 5.74) is -0.240. The molecule has 0 amide bonds. The Kier molecular flexibility index (Phi) is 2.94. The summed E-state index contributed by atoms with van der Waals surface area (Å²) in [5.74, 6) is -2.21. The lowest BCUT2D eigenvalue weighted by atomic mass is 10.1. The highest BCUT2D eigenvalue weighted by Gasteiger charge is 2.11. The van der Waals surface area contributed by atoms with Crippen LogP contribution in [-0.2, 0) is 4.79 Å². The molecule has 5 heteroatoms. The van der Waals surface area contributed by atoms with Crippen LogP contribution in [0.2, 0.25) is 0 Å². The molecule has 0 spiro atoms. The van der Waals surface area contributed by atoms with E-state index in [1.807, 2.05) is 0 Å². The minimum absolute atomic E-state index is 0.0140. The highest BCUT2D eigenvalue weighted by molar-refractivity contribution is 5.95. The molecular weight excluding hydrogens is 198 g/mol. The number of hydrogen-bond acceptors (Lipinski definition) is 4. The molecule has 0 saturated carbocycles. The number of carboxylic acids is 1. The van der Waals surface area contributed by atoms with E-state index < -0.39 is 17.5 Å². The summed E-state index contributed by atoms with van der Waals surface area (Å²) < 4.78 is 0. The van der Waals surface area contributed by atoms with Crippen LogP contribution in [0.25, 0.3) is 5.57 Å². The summed E-state index contributed by atoms with van der Waals surface area (Å²) in [4.78, 5) is 10.4. The van der Waals surface area contributed by atoms with Gasteiger partial charge in [-0.15, -0.1) is 0 Å². The van der Waals surface area contributed by atoms with Crippen molar-refractivity contribution in [3.8, 4) is 17.6 Å². The molecule has 0 bridgehead atoms. The minimum atomic E-state index is -1.30. The number of phenols is 2. The number of carboxylic acid groups (broad SMARTS) is 1. The largest absolute Gasteiger partial charge is 0.504 e. The summed E-state index contributed by atoms with van der Waals surface area (Å²) in [5, 5.41) is 35.7. The van der Waals surface area contributed by atoms with Crippen molar-refractivity contribution < 1.29 is 20.1 Å². The van der Waals surface area contributed by atoms with Crippen molar-refractivity contribution >= 4 is 11.5 Å². The molecule has 5 nitrogen and oxygen atoms in total. The molecule has 0 radical (unpaired) electrons. The SMILES string of the molecule is N#CC(=CC(=O)O)c1cccc(O)c1O. The number of nitriles is 1. The van der Waals surface area contributed by atoms with Gasteiger partial charge in [-0.1, -0.05) is 6.07 Å². The van der Waals surface area contributed by atoms with Gasteiger partial charge < -0.3 is 15.3 Å². The number of aromatic hydroxyl groups is 2. The zero-order chi connectivity index (χ0) is 11.4. The van der Waals surface area contributed by atoms with Crippen LogP contribution in [0.3, 0.4) is 0 Å². The van der Waals surface area contributed by atoms with Crippen molar-refractivity contribution in [3.63, 3.8) is 0 Å². The summed E-state index contributed by atoms with van der Waals surface area (Å²) in [6.45, 7) is 0. The average molecular weight is 205 g/mol. The molecule has 76 valence electrons. The number of aliphatic carboxylic acids is 1. The summed E-state index contributed by atoms with van der Waals surface area (Å²) in [6, 6.07) is 5.60. The molecule has 0 saturated heterocycles. The Morgan fingerprint density at radius 1 is 1.40 bits per heavy atom. The quantitative estimate of drug-likeness (QED) is 0.381. The molecule has 1 aromatic carbocycles. The second-order valence-corrected chi connectivity index (χ2v) is 2.68. The number of allylic oxidation sites excluding steroid dienone is 1. The second kappa shape index (κ2) is 4.15. The van der Waals surface area contributed by atoms with Crippen molar-refractivity contribution in [2.75, 3.05) is 0 Å². The number of phenolic OH excluding ortho intramolecular Hbond substituents is 2. The van der Waals surface area contributed by atoms with Gasteiger partial charge in [0.15, 0.2) is 11.5 Å². The Morgan fingerprint density at radius 3 is 2.60 bits per heavy atom. The van der Waals surface area contributed by atoms with E-state index in [-0.39, 0.29) is 11.1 Å². The first-order chi connectivity index (χ1) is 7.06. The maximum Gasteiger partial charge on any atom is 0.329 e. The fourth-order valence-corrected chi connectivity index (χ4v) is 1.04. The summed E-state index contributed by atoms with van der Waals surface area (Å²) in [6.07, 6.45) is 0.661. The molecule has 0 aliphatic heterocycles. The third-order valence-electron chi connectivity index (χ3n) is 1.69. The Morgan fingerprint density at radius 2 is 2.07 bits per heavy atom. The van der Waals surface area contributed by atoms with Crippen LogP contribution >= 0.6 is 0 Å². The standard InChI is InChI=1S/C10H7NO4/c11-5-6(4-9(13)14)7-2-1-3-8(12)10(7)15/h1-4,12,15H,(H,13,14). The molecule has 0 heterocycles. The van der Waals surface area contributed by atoms with Gasteiger partial charge in [0.25, 0.3) is 0 Å². The number of carbonyl (C=O) groups is 1. The van der Waals surface area contributed by atoms with Crippen molar-refractivity contribution in [1.82, 2.24) is 0 Å². The fraction of sp³-hybridized carbons (Fsp3) is 0. The number of nitrogens with zero attached hydrogens (tertiary/aromatic N) is 1. The topological polar surface area (TPSA) is 102 Å². The van der Waals surface area contributed by atoms with Crippen LogP contribution in [0.15, 0.2) is 24.3 Å². The van der Waals surface area contributed by atoms with Gasteiger partial charge >= 0.3 is 5.97 Å².